The van der Waals surface area contributed by atoms with Gasteiger partial charge in [-0.05, 0) is 24.9 Å². The zero-order valence-corrected chi connectivity index (χ0v) is 8.93. The summed E-state index contributed by atoms with van der Waals surface area (Å²) in [5.74, 6) is 0.235. The Morgan fingerprint density at radius 3 is 2.85 bits per heavy atom. The van der Waals surface area contributed by atoms with E-state index in [1.165, 1.54) is 4.88 Å². The van der Waals surface area contributed by atoms with Gasteiger partial charge < -0.3 is 0 Å². The number of Topliss-reactive ketones (excluding diaryl/α,β-unsaturated/α-hetero) is 1. The molecule has 0 radical (unpaired) electrons. The second-order valence-corrected chi connectivity index (χ2v) is 4.12. The van der Waals surface area contributed by atoms with E-state index >= 15 is 0 Å². The van der Waals surface area contributed by atoms with Crippen molar-refractivity contribution in [1.82, 2.24) is 4.90 Å². The van der Waals surface area contributed by atoms with E-state index in [9.17, 15) is 4.79 Å². The average Bonchev–Trinajstić information content (AvgIpc) is 2.55. The third-order valence-corrected chi connectivity index (χ3v) is 2.71. The van der Waals surface area contributed by atoms with Gasteiger partial charge in [0, 0.05) is 11.4 Å². The number of likely N-dealkylation sites (N-methyl/N-ethyl adjacent to an activating group) is 1. The second-order valence-electron chi connectivity index (χ2n) is 3.08. The van der Waals surface area contributed by atoms with Crippen LogP contribution in [-0.2, 0) is 11.3 Å². The monoisotopic (exact) mass is 197 g/mol. The van der Waals surface area contributed by atoms with Gasteiger partial charge in [-0.3, -0.25) is 9.69 Å². The fraction of sp³-hybridized carbons (Fsp3) is 0.500. The Hall–Kier alpha value is -0.670. The summed E-state index contributed by atoms with van der Waals surface area (Å²) in [5.41, 5.74) is 0. The van der Waals surface area contributed by atoms with Crippen LogP contribution in [0.1, 0.15) is 18.7 Å². The Labute approximate surface area is 83.2 Å². The maximum absolute atomic E-state index is 10.9. The van der Waals surface area contributed by atoms with Crippen LogP contribution in [0.5, 0.6) is 0 Å². The van der Waals surface area contributed by atoms with Gasteiger partial charge in [-0.2, -0.15) is 0 Å². The number of rotatable bonds is 5. The van der Waals surface area contributed by atoms with Crippen molar-refractivity contribution in [3.63, 3.8) is 0 Å². The van der Waals surface area contributed by atoms with Crippen LogP contribution in [0.15, 0.2) is 17.5 Å². The Kier molecular flexibility index (Phi) is 4.12. The highest BCUT2D eigenvalue weighted by Gasteiger charge is 2.06. The van der Waals surface area contributed by atoms with Gasteiger partial charge in [0.1, 0.15) is 5.78 Å². The standard InChI is InChI=1S/C10H15NOS/c1-3-11(7-9(2)12)8-10-5-4-6-13-10/h4-6H,3,7-8H2,1-2H3. The number of thiophene rings is 1. The zero-order valence-electron chi connectivity index (χ0n) is 8.12. The van der Waals surface area contributed by atoms with Crippen LogP contribution >= 0.6 is 11.3 Å². The van der Waals surface area contributed by atoms with Gasteiger partial charge >= 0.3 is 0 Å². The highest BCUT2D eigenvalue weighted by atomic mass is 32.1. The van der Waals surface area contributed by atoms with Crippen LogP contribution in [0.3, 0.4) is 0 Å². The molecule has 0 atom stereocenters. The minimum atomic E-state index is 0.235. The van der Waals surface area contributed by atoms with Crippen molar-refractivity contribution < 1.29 is 4.79 Å². The SMILES string of the molecule is CCN(CC(C)=O)Cc1cccs1. The average molecular weight is 197 g/mol. The summed E-state index contributed by atoms with van der Waals surface area (Å²) in [6, 6.07) is 4.15. The first kappa shape index (κ1) is 10.4. The third kappa shape index (κ3) is 3.70. The van der Waals surface area contributed by atoms with Crippen LogP contribution in [0, 0.1) is 0 Å². The molecule has 0 fully saturated rings. The normalized spacial score (nSPS) is 10.7. The van der Waals surface area contributed by atoms with E-state index in [1.807, 2.05) is 6.07 Å². The largest absolute Gasteiger partial charge is 0.299 e. The lowest BCUT2D eigenvalue weighted by Gasteiger charge is -2.17. The van der Waals surface area contributed by atoms with E-state index in [4.69, 9.17) is 0 Å². The summed E-state index contributed by atoms with van der Waals surface area (Å²) < 4.78 is 0. The molecule has 1 aromatic rings. The number of carbonyl (C=O) groups excluding carboxylic acids is 1. The zero-order chi connectivity index (χ0) is 9.68. The number of carbonyl (C=O) groups is 1. The van der Waals surface area contributed by atoms with E-state index < -0.39 is 0 Å². The van der Waals surface area contributed by atoms with E-state index in [-0.39, 0.29) is 5.78 Å². The molecule has 72 valence electrons. The summed E-state index contributed by atoms with van der Waals surface area (Å²) in [6.45, 7) is 6.10. The summed E-state index contributed by atoms with van der Waals surface area (Å²) in [4.78, 5) is 14.4. The molecule has 0 aromatic carbocycles. The number of hydrogen-bond donors (Lipinski definition) is 0. The van der Waals surface area contributed by atoms with Crippen LogP contribution in [0.25, 0.3) is 0 Å². The quantitative estimate of drug-likeness (QED) is 0.721. The Morgan fingerprint density at radius 1 is 1.62 bits per heavy atom. The molecule has 0 saturated carbocycles. The number of nitrogens with zero attached hydrogens (tertiary/aromatic N) is 1. The molecular weight excluding hydrogens is 182 g/mol. The Bertz CT molecular complexity index is 256. The maximum atomic E-state index is 10.9. The van der Waals surface area contributed by atoms with E-state index in [2.05, 4.69) is 23.3 Å². The Morgan fingerprint density at radius 2 is 2.38 bits per heavy atom. The van der Waals surface area contributed by atoms with Crippen molar-refractivity contribution in [2.24, 2.45) is 0 Å². The van der Waals surface area contributed by atoms with Crippen LogP contribution in [0.4, 0.5) is 0 Å². The molecule has 0 aliphatic heterocycles. The van der Waals surface area contributed by atoms with Gasteiger partial charge in [0.2, 0.25) is 0 Å². The van der Waals surface area contributed by atoms with E-state index in [1.54, 1.807) is 18.3 Å². The summed E-state index contributed by atoms with van der Waals surface area (Å²) in [6.07, 6.45) is 0. The molecule has 1 aromatic heterocycles. The molecule has 0 amide bonds. The van der Waals surface area contributed by atoms with Crippen LogP contribution < -0.4 is 0 Å². The molecule has 0 bridgehead atoms. The molecule has 0 unspecified atom stereocenters. The van der Waals surface area contributed by atoms with Gasteiger partial charge in [-0.25, -0.2) is 0 Å². The molecule has 13 heavy (non-hydrogen) atoms. The molecule has 1 heterocycles. The minimum absolute atomic E-state index is 0.235. The molecule has 0 spiro atoms. The fourth-order valence-corrected chi connectivity index (χ4v) is 1.96. The smallest absolute Gasteiger partial charge is 0.143 e. The summed E-state index contributed by atoms with van der Waals surface area (Å²) in [7, 11) is 0. The highest BCUT2D eigenvalue weighted by Crippen LogP contribution is 2.11. The predicted molar refractivity (Wildman–Crippen MR) is 56.0 cm³/mol. The molecule has 0 N–H and O–H groups in total. The summed E-state index contributed by atoms with van der Waals surface area (Å²) in [5, 5.41) is 2.07. The highest BCUT2D eigenvalue weighted by molar-refractivity contribution is 7.09. The van der Waals surface area contributed by atoms with Gasteiger partial charge in [-0.1, -0.05) is 13.0 Å². The van der Waals surface area contributed by atoms with Crippen molar-refractivity contribution in [2.45, 2.75) is 20.4 Å². The van der Waals surface area contributed by atoms with Crippen molar-refractivity contribution in [2.75, 3.05) is 13.1 Å². The summed E-state index contributed by atoms with van der Waals surface area (Å²) >= 11 is 1.74. The van der Waals surface area contributed by atoms with Crippen molar-refractivity contribution in [3.8, 4) is 0 Å². The molecule has 0 aliphatic carbocycles. The lowest BCUT2D eigenvalue weighted by molar-refractivity contribution is -0.118. The third-order valence-electron chi connectivity index (χ3n) is 1.85. The lowest BCUT2D eigenvalue weighted by atomic mass is 10.3. The second kappa shape index (κ2) is 5.14. The minimum Gasteiger partial charge on any atom is -0.299 e. The van der Waals surface area contributed by atoms with Crippen molar-refractivity contribution >= 4 is 17.1 Å². The van der Waals surface area contributed by atoms with Gasteiger partial charge in [-0.15, -0.1) is 11.3 Å². The maximum Gasteiger partial charge on any atom is 0.143 e. The van der Waals surface area contributed by atoms with Gasteiger partial charge in [0.25, 0.3) is 0 Å². The molecule has 3 heteroatoms. The predicted octanol–water partition coefficient (Wildman–Crippen LogP) is 2.16. The first-order chi connectivity index (χ1) is 6.22. The van der Waals surface area contributed by atoms with E-state index in [0.29, 0.717) is 6.54 Å². The number of ketones is 1. The van der Waals surface area contributed by atoms with E-state index in [0.717, 1.165) is 13.1 Å². The molecule has 0 aliphatic rings. The molecule has 2 nitrogen and oxygen atoms in total. The molecule has 1 rings (SSSR count). The van der Waals surface area contributed by atoms with Crippen molar-refractivity contribution in [3.05, 3.63) is 22.4 Å². The van der Waals surface area contributed by atoms with Crippen LogP contribution in [0.2, 0.25) is 0 Å². The fourth-order valence-electron chi connectivity index (χ4n) is 1.22. The van der Waals surface area contributed by atoms with Crippen molar-refractivity contribution in [1.29, 1.82) is 0 Å². The lowest BCUT2D eigenvalue weighted by Crippen LogP contribution is -2.27. The van der Waals surface area contributed by atoms with Gasteiger partial charge in [0.05, 0.1) is 6.54 Å². The first-order valence-corrected chi connectivity index (χ1v) is 5.34. The molecular formula is C10H15NOS. The molecule has 0 saturated heterocycles. The number of hydrogen-bond acceptors (Lipinski definition) is 3. The van der Waals surface area contributed by atoms with Crippen LogP contribution in [-0.4, -0.2) is 23.8 Å². The Balaban J connectivity index is 2.45. The van der Waals surface area contributed by atoms with Gasteiger partial charge in [0.15, 0.2) is 0 Å². The first-order valence-electron chi connectivity index (χ1n) is 4.46. The topological polar surface area (TPSA) is 20.3 Å².